The van der Waals surface area contributed by atoms with Crippen LogP contribution in [0.2, 0.25) is 0 Å². The normalized spacial score (nSPS) is 30.4. The van der Waals surface area contributed by atoms with Crippen molar-refractivity contribution in [2.75, 3.05) is 18.2 Å². The van der Waals surface area contributed by atoms with E-state index in [2.05, 4.69) is 16.6 Å². The Hall–Kier alpha value is -0.810. The molecule has 0 amide bonds. The maximum absolute atomic E-state index is 5.66. The molecular formula is C9H15N3OS. The Labute approximate surface area is 87.6 Å². The molecule has 14 heavy (non-hydrogen) atoms. The van der Waals surface area contributed by atoms with Crippen molar-refractivity contribution in [1.29, 1.82) is 0 Å². The predicted molar refractivity (Wildman–Crippen MR) is 58.7 cm³/mol. The van der Waals surface area contributed by atoms with Gasteiger partial charge >= 0.3 is 0 Å². The number of hydrogen-bond acceptors (Lipinski definition) is 5. The second kappa shape index (κ2) is 3.10. The first-order valence-corrected chi connectivity index (χ1v) is 5.37. The Morgan fingerprint density at radius 3 is 2.86 bits per heavy atom. The van der Waals surface area contributed by atoms with Gasteiger partial charge in [0.2, 0.25) is 0 Å². The molecule has 1 aromatic heterocycles. The highest BCUT2D eigenvalue weighted by Crippen LogP contribution is 2.42. The lowest BCUT2D eigenvalue weighted by Gasteiger charge is -2.09. The van der Waals surface area contributed by atoms with Crippen LogP contribution in [-0.2, 0) is 4.74 Å². The van der Waals surface area contributed by atoms with E-state index in [0.717, 1.165) is 17.0 Å². The lowest BCUT2D eigenvalue weighted by Crippen LogP contribution is -2.18. The minimum Gasteiger partial charge on any atom is -0.383 e. The van der Waals surface area contributed by atoms with E-state index in [0.29, 0.717) is 11.9 Å². The molecule has 1 aliphatic carbocycles. The van der Waals surface area contributed by atoms with Gasteiger partial charge < -0.3 is 15.8 Å². The molecule has 0 aromatic carbocycles. The fourth-order valence-corrected chi connectivity index (χ4v) is 2.18. The van der Waals surface area contributed by atoms with Crippen molar-refractivity contribution in [3.8, 4) is 0 Å². The maximum atomic E-state index is 5.66. The first kappa shape index (κ1) is 9.73. The highest BCUT2D eigenvalue weighted by molar-refractivity contribution is 7.10. The zero-order chi connectivity index (χ0) is 10.3. The Bertz CT molecular complexity index is 352. The molecule has 1 aliphatic rings. The van der Waals surface area contributed by atoms with Crippen molar-refractivity contribution in [3.05, 3.63) is 5.56 Å². The van der Waals surface area contributed by atoms with Gasteiger partial charge in [0.15, 0.2) is 0 Å². The predicted octanol–water partition coefficient (Wildman–Crippen LogP) is 1.62. The fraction of sp³-hybridized carbons (Fsp3) is 0.667. The summed E-state index contributed by atoms with van der Waals surface area (Å²) in [5.74, 6) is 0.622. The molecule has 0 spiro atoms. The van der Waals surface area contributed by atoms with E-state index in [9.17, 15) is 0 Å². The van der Waals surface area contributed by atoms with Crippen molar-refractivity contribution in [3.63, 3.8) is 0 Å². The molecule has 4 nitrogen and oxygen atoms in total. The summed E-state index contributed by atoms with van der Waals surface area (Å²) in [7, 11) is 1.75. The fourth-order valence-electron chi connectivity index (χ4n) is 1.42. The lowest BCUT2D eigenvalue weighted by atomic mass is 10.3. The number of nitrogens with two attached hydrogens (primary N) is 1. The Kier molecular flexibility index (Phi) is 2.16. The molecule has 5 heteroatoms. The molecule has 0 saturated heterocycles. The number of aromatic nitrogens is 1. The van der Waals surface area contributed by atoms with Gasteiger partial charge in [-0.2, -0.15) is 4.37 Å². The molecule has 2 unspecified atom stereocenters. The van der Waals surface area contributed by atoms with Gasteiger partial charge in [0.25, 0.3) is 0 Å². The Morgan fingerprint density at radius 2 is 2.43 bits per heavy atom. The third-order valence-corrected chi connectivity index (χ3v) is 3.81. The molecule has 1 heterocycles. The van der Waals surface area contributed by atoms with Crippen LogP contribution in [0, 0.1) is 6.92 Å². The number of nitrogens with one attached hydrogen (secondary N) is 1. The number of rotatable bonds is 3. The van der Waals surface area contributed by atoms with Crippen LogP contribution in [0.5, 0.6) is 0 Å². The molecule has 1 aromatic rings. The average Bonchev–Trinajstić information content (AvgIpc) is 2.72. The third kappa shape index (κ3) is 1.46. The molecule has 78 valence electrons. The third-order valence-electron chi connectivity index (χ3n) is 2.92. The van der Waals surface area contributed by atoms with Crippen molar-refractivity contribution < 1.29 is 4.74 Å². The van der Waals surface area contributed by atoms with Crippen LogP contribution < -0.4 is 11.1 Å². The summed E-state index contributed by atoms with van der Waals surface area (Å²) < 4.78 is 9.46. The molecule has 1 saturated carbocycles. The van der Waals surface area contributed by atoms with E-state index in [1.54, 1.807) is 7.11 Å². The van der Waals surface area contributed by atoms with Gasteiger partial charge in [-0.3, -0.25) is 0 Å². The molecule has 2 rings (SSSR count). The number of ether oxygens (including phenoxy) is 1. The zero-order valence-corrected chi connectivity index (χ0v) is 9.44. The summed E-state index contributed by atoms with van der Waals surface area (Å²) in [6.45, 7) is 4.08. The Balaban J connectivity index is 2.03. The van der Waals surface area contributed by atoms with Crippen molar-refractivity contribution in [1.82, 2.24) is 4.37 Å². The van der Waals surface area contributed by atoms with Gasteiger partial charge in [-0.1, -0.05) is 0 Å². The second-order valence-electron chi connectivity index (χ2n) is 3.94. The smallest absolute Gasteiger partial charge is 0.142 e. The van der Waals surface area contributed by atoms with Crippen LogP contribution in [0.15, 0.2) is 0 Å². The SMILES string of the molecule is COC1(C)CC1Nc1snc(N)c1C. The summed E-state index contributed by atoms with van der Waals surface area (Å²) in [4.78, 5) is 0. The van der Waals surface area contributed by atoms with Gasteiger partial charge in [0.1, 0.15) is 10.8 Å². The van der Waals surface area contributed by atoms with Crippen molar-refractivity contribution in [2.45, 2.75) is 31.9 Å². The van der Waals surface area contributed by atoms with Gasteiger partial charge in [-0.05, 0) is 25.4 Å². The van der Waals surface area contributed by atoms with E-state index < -0.39 is 0 Å². The Morgan fingerprint density at radius 1 is 1.71 bits per heavy atom. The van der Waals surface area contributed by atoms with E-state index in [1.165, 1.54) is 11.5 Å². The van der Waals surface area contributed by atoms with E-state index in [1.807, 2.05) is 6.92 Å². The van der Waals surface area contributed by atoms with Crippen LogP contribution in [0.25, 0.3) is 0 Å². The average molecular weight is 213 g/mol. The minimum atomic E-state index is -0.00874. The molecule has 0 radical (unpaired) electrons. The summed E-state index contributed by atoms with van der Waals surface area (Å²) in [5.41, 5.74) is 6.70. The van der Waals surface area contributed by atoms with Gasteiger partial charge in [-0.15, -0.1) is 0 Å². The highest BCUT2D eigenvalue weighted by atomic mass is 32.1. The van der Waals surface area contributed by atoms with Crippen LogP contribution in [0.4, 0.5) is 10.8 Å². The first-order valence-electron chi connectivity index (χ1n) is 4.60. The summed E-state index contributed by atoms with van der Waals surface area (Å²) in [6, 6.07) is 0.394. The summed E-state index contributed by atoms with van der Waals surface area (Å²) in [5, 5.41) is 4.46. The summed E-state index contributed by atoms with van der Waals surface area (Å²) >= 11 is 1.41. The topological polar surface area (TPSA) is 60.2 Å². The number of hydrogen-bond donors (Lipinski definition) is 2. The molecule has 3 N–H and O–H groups in total. The zero-order valence-electron chi connectivity index (χ0n) is 8.63. The minimum absolute atomic E-state index is 0.00874. The van der Waals surface area contributed by atoms with E-state index in [-0.39, 0.29) is 5.60 Å². The molecule has 0 aliphatic heterocycles. The monoisotopic (exact) mass is 213 g/mol. The van der Waals surface area contributed by atoms with E-state index >= 15 is 0 Å². The molecule has 2 atom stereocenters. The van der Waals surface area contributed by atoms with Crippen molar-refractivity contribution in [2.24, 2.45) is 0 Å². The molecule has 1 fully saturated rings. The van der Waals surface area contributed by atoms with Gasteiger partial charge in [0.05, 0.1) is 11.6 Å². The van der Waals surface area contributed by atoms with E-state index in [4.69, 9.17) is 10.5 Å². The lowest BCUT2D eigenvalue weighted by molar-refractivity contribution is 0.0937. The number of nitrogens with zero attached hydrogens (tertiary/aromatic N) is 1. The summed E-state index contributed by atoms with van der Waals surface area (Å²) in [6.07, 6.45) is 1.04. The molecule has 0 bridgehead atoms. The number of methoxy groups -OCH3 is 1. The number of nitrogen functional groups attached to an aromatic ring is 1. The number of anilines is 2. The van der Waals surface area contributed by atoms with Gasteiger partial charge in [0, 0.05) is 19.1 Å². The van der Waals surface area contributed by atoms with Crippen LogP contribution in [0.1, 0.15) is 18.9 Å². The van der Waals surface area contributed by atoms with Crippen LogP contribution >= 0.6 is 11.5 Å². The van der Waals surface area contributed by atoms with Gasteiger partial charge in [-0.25, -0.2) is 0 Å². The largest absolute Gasteiger partial charge is 0.383 e. The quantitative estimate of drug-likeness (QED) is 0.801. The second-order valence-corrected chi connectivity index (χ2v) is 4.71. The van der Waals surface area contributed by atoms with Crippen molar-refractivity contribution >= 4 is 22.4 Å². The first-order chi connectivity index (χ1) is 6.57. The van der Waals surface area contributed by atoms with Crippen LogP contribution in [0.3, 0.4) is 0 Å². The van der Waals surface area contributed by atoms with Crippen LogP contribution in [-0.4, -0.2) is 23.1 Å². The highest BCUT2D eigenvalue weighted by Gasteiger charge is 2.51. The maximum Gasteiger partial charge on any atom is 0.142 e. The molecular weight excluding hydrogens is 198 g/mol. The standard InChI is InChI=1S/C9H15N3OS/c1-5-7(10)12-14-8(5)11-6-4-9(6,2)13-3/h6,11H,4H2,1-3H3,(H2,10,12).